The molecule has 0 unspecified atom stereocenters. The number of rotatable bonds is 11. The topological polar surface area (TPSA) is 221 Å². The van der Waals surface area contributed by atoms with Crippen molar-refractivity contribution in [3.05, 3.63) is 45.4 Å². The summed E-state index contributed by atoms with van der Waals surface area (Å²) in [6.45, 7) is 10.8. The number of carbonyl (C=O) groups excluding carboxylic acids is 9. The Bertz CT molecular complexity index is 2040. The highest BCUT2D eigenvalue weighted by molar-refractivity contribution is 6.28. The Labute approximate surface area is 330 Å². The summed E-state index contributed by atoms with van der Waals surface area (Å²) in [6.07, 6.45) is -0.380. The van der Waals surface area contributed by atoms with Crippen molar-refractivity contribution in [1.29, 1.82) is 0 Å². The van der Waals surface area contributed by atoms with Gasteiger partial charge in [-0.25, -0.2) is 0 Å². The van der Waals surface area contributed by atoms with Gasteiger partial charge in [-0.15, -0.1) is 0 Å². The van der Waals surface area contributed by atoms with Crippen molar-refractivity contribution in [3.63, 3.8) is 0 Å². The summed E-state index contributed by atoms with van der Waals surface area (Å²) in [5.41, 5.74) is -3.28. The van der Waals surface area contributed by atoms with Gasteiger partial charge in [-0.05, 0) is 65.3 Å². The Kier molecular flexibility index (Phi) is 12.8. The number of hydrogen-bond donors (Lipinski definition) is 2. The zero-order chi connectivity index (χ0) is 43.1. The normalized spacial score (nSPS) is 21.5. The van der Waals surface area contributed by atoms with Crippen LogP contribution in [0.2, 0.25) is 0 Å². The van der Waals surface area contributed by atoms with Gasteiger partial charge in [-0.1, -0.05) is 0 Å². The standard InChI is InChI=1S/C40H50N4O13/c1-18(45)42-38(53)31-35(55-20(3)47)32(44(11)12)27-15-23-14-26-28(43(9)10)16-24(13-25(50)17-41-39(6,7)8)34(54-19(2)46)30(26)33(51)29(23)37(56-21(4)48)40(27,36(31)52)57-22(5)49/h16,23,27,32,41H,13-15,17H2,1-12H3,(H,42,45,53)/t23-,27-,32-,40+/m0/s1. The van der Waals surface area contributed by atoms with Crippen LogP contribution in [0, 0.1) is 11.8 Å². The molecule has 0 saturated carbocycles. The Morgan fingerprint density at radius 3 is 1.95 bits per heavy atom. The number of allylic oxidation sites excluding steroid dienone is 1. The molecule has 3 aliphatic carbocycles. The number of imide groups is 1. The number of fused-ring (bicyclic) bond motifs is 3. The van der Waals surface area contributed by atoms with Gasteiger partial charge in [0, 0.05) is 83.4 Å². The van der Waals surface area contributed by atoms with Crippen LogP contribution >= 0.6 is 0 Å². The van der Waals surface area contributed by atoms with Crippen molar-refractivity contribution in [2.75, 3.05) is 39.6 Å². The van der Waals surface area contributed by atoms with Gasteiger partial charge in [0.25, 0.3) is 5.91 Å². The zero-order valence-corrected chi connectivity index (χ0v) is 34.3. The molecule has 3 aliphatic rings. The maximum absolute atomic E-state index is 15.3. The van der Waals surface area contributed by atoms with E-state index in [1.165, 1.54) is 4.90 Å². The van der Waals surface area contributed by atoms with Crippen molar-refractivity contribution in [2.24, 2.45) is 11.8 Å². The van der Waals surface area contributed by atoms with Crippen LogP contribution in [0.4, 0.5) is 5.69 Å². The lowest BCUT2D eigenvalue weighted by atomic mass is 9.58. The third-order valence-electron chi connectivity index (χ3n) is 9.68. The number of benzene rings is 1. The number of Topliss-reactive ketones (excluding diaryl/α,β-unsaturated/α-hetero) is 3. The molecular weight excluding hydrogens is 744 g/mol. The number of esters is 4. The number of ketones is 3. The molecule has 17 heteroatoms. The van der Waals surface area contributed by atoms with E-state index in [1.54, 1.807) is 39.2 Å². The lowest BCUT2D eigenvalue weighted by Crippen LogP contribution is -2.66. The molecule has 0 fully saturated rings. The summed E-state index contributed by atoms with van der Waals surface area (Å²) in [5, 5.41) is 5.13. The van der Waals surface area contributed by atoms with Crippen LogP contribution in [0.1, 0.15) is 83.3 Å². The number of likely N-dealkylation sites (N-methyl/N-ethyl adjacent to an activating group) is 1. The highest BCUT2D eigenvalue weighted by Crippen LogP contribution is 2.56. The number of nitrogens with zero attached hydrogens (tertiary/aromatic N) is 2. The average molecular weight is 795 g/mol. The molecule has 308 valence electrons. The number of carbonyl (C=O) groups is 9. The fraction of sp³-hybridized carbons (Fsp3) is 0.525. The second-order valence-electron chi connectivity index (χ2n) is 15.9. The van der Waals surface area contributed by atoms with Gasteiger partial charge in [-0.3, -0.25) is 53.4 Å². The van der Waals surface area contributed by atoms with Gasteiger partial charge in [0.05, 0.1) is 18.2 Å². The van der Waals surface area contributed by atoms with Crippen molar-refractivity contribution in [2.45, 2.75) is 91.8 Å². The van der Waals surface area contributed by atoms with Crippen LogP contribution in [-0.4, -0.2) is 110 Å². The lowest BCUT2D eigenvalue weighted by Gasteiger charge is -2.52. The van der Waals surface area contributed by atoms with E-state index in [2.05, 4.69) is 5.32 Å². The third kappa shape index (κ3) is 8.89. The molecule has 17 nitrogen and oxygen atoms in total. The molecule has 57 heavy (non-hydrogen) atoms. The molecule has 1 aromatic carbocycles. The molecule has 0 spiro atoms. The van der Waals surface area contributed by atoms with Gasteiger partial charge in [-0.2, -0.15) is 0 Å². The van der Waals surface area contributed by atoms with Crippen LogP contribution in [0.25, 0.3) is 0 Å². The zero-order valence-electron chi connectivity index (χ0n) is 34.3. The van der Waals surface area contributed by atoms with E-state index in [0.29, 0.717) is 11.3 Å². The van der Waals surface area contributed by atoms with E-state index in [-0.39, 0.29) is 54.0 Å². The number of hydrogen-bond acceptors (Lipinski definition) is 16. The number of anilines is 1. The SMILES string of the molecule is CC(=O)NC(=O)C1=C(OC(C)=O)[C@@H](N(C)C)[C@@H]2C[C@@H]3Cc4c(N(C)C)cc(CC(=O)CNC(C)(C)C)c(OC(C)=O)c4C(=O)C3=C(OC(C)=O)[C@]2(OC(C)=O)C1=O. The van der Waals surface area contributed by atoms with E-state index < -0.39 is 93.4 Å². The first kappa shape index (κ1) is 44.2. The van der Waals surface area contributed by atoms with Crippen LogP contribution in [0.3, 0.4) is 0 Å². The van der Waals surface area contributed by atoms with Gasteiger partial charge < -0.3 is 29.2 Å². The van der Waals surface area contributed by atoms with Gasteiger partial charge in [0.15, 0.2) is 17.3 Å². The molecule has 0 radical (unpaired) electrons. The van der Waals surface area contributed by atoms with Crippen molar-refractivity contribution >= 4 is 58.7 Å². The Balaban J connectivity index is 2.17. The first-order valence-electron chi connectivity index (χ1n) is 18.3. The molecular formula is C40H50N4O13. The molecule has 0 heterocycles. The highest BCUT2D eigenvalue weighted by Gasteiger charge is 2.68. The summed E-state index contributed by atoms with van der Waals surface area (Å²) in [4.78, 5) is 124. The average Bonchev–Trinajstić information content (AvgIpc) is 3.03. The maximum atomic E-state index is 15.3. The summed E-state index contributed by atoms with van der Waals surface area (Å²) in [6, 6.07) is 0.434. The number of nitrogens with one attached hydrogen (secondary N) is 2. The van der Waals surface area contributed by atoms with Gasteiger partial charge in [0.1, 0.15) is 17.1 Å². The number of amides is 2. The van der Waals surface area contributed by atoms with Crippen LogP contribution in [-0.2, 0) is 65.4 Å². The van der Waals surface area contributed by atoms with E-state index in [4.69, 9.17) is 18.9 Å². The Morgan fingerprint density at radius 1 is 0.860 bits per heavy atom. The second-order valence-corrected chi connectivity index (χ2v) is 15.9. The smallest absolute Gasteiger partial charge is 0.308 e. The monoisotopic (exact) mass is 794 g/mol. The predicted molar refractivity (Wildman–Crippen MR) is 202 cm³/mol. The Morgan fingerprint density at radius 2 is 1.46 bits per heavy atom. The minimum atomic E-state index is -2.71. The molecule has 0 aliphatic heterocycles. The van der Waals surface area contributed by atoms with Crippen molar-refractivity contribution in [3.8, 4) is 5.75 Å². The third-order valence-corrected chi connectivity index (χ3v) is 9.68. The van der Waals surface area contributed by atoms with Crippen molar-refractivity contribution in [1.82, 2.24) is 15.5 Å². The molecule has 2 amide bonds. The summed E-state index contributed by atoms with van der Waals surface area (Å²) < 4.78 is 23.0. The molecule has 0 aromatic heterocycles. The minimum Gasteiger partial charge on any atom is -0.442 e. The molecule has 4 atom stereocenters. The molecule has 2 N–H and O–H groups in total. The van der Waals surface area contributed by atoms with Crippen molar-refractivity contribution < 1.29 is 62.1 Å². The van der Waals surface area contributed by atoms with Gasteiger partial charge in [0.2, 0.25) is 17.3 Å². The second kappa shape index (κ2) is 16.5. The predicted octanol–water partition coefficient (Wildman–Crippen LogP) is 1.66. The largest absolute Gasteiger partial charge is 0.442 e. The van der Waals surface area contributed by atoms with E-state index in [1.807, 2.05) is 26.1 Å². The fourth-order valence-electron chi connectivity index (χ4n) is 7.84. The first-order valence-corrected chi connectivity index (χ1v) is 18.3. The van der Waals surface area contributed by atoms with E-state index >= 15 is 9.59 Å². The summed E-state index contributed by atoms with van der Waals surface area (Å²) in [5.74, 6) is -12.0. The molecule has 0 saturated heterocycles. The molecule has 1 aromatic rings. The van der Waals surface area contributed by atoms with Crippen LogP contribution in [0.5, 0.6) is 5.75 Å². The van der Waals surface area contributed by atoms with Crippen LogP contribution < -0.4 is 20.3 Å². The first-order chi connectivity index (χ1) is 26.3. The van der Waals surface area contributed by atoms with E-state index in [0.717, 1.165) is 34.6 Å². The summed E-state index contributed by atoms with van der Waals surface area (Å²) in [7, 11) is 6.55. The quantitative estimate of drug-likeness (QED) is 0.141. The van der Waals surface area contributed by atoms with E-state index in [9.17, 15) is 33.6 Å². The minimum absolute atomic E-state index is 0.0219. The Hall–Kier alpha value is -5.55. The fourth-order valence-corrected chi connectivity index (χ4v) is 7.84. The lowest BCUT2D eigenvalue weighted by molar-refractivity contribution is -0.181. The highest BCUT2D eigenvalue weighted by atomic mass is 16.6. The summed E-state index contributed by atoms with van der Waals surface area (Å²) >= 11 is 0. The maximum Gasteiger partial charge on any atom is 0.308 e. The molecule has 4 rings (SSSR count). The molecule has 0 bridgehead atoms. The number of ether oxygens (including phenoxy) is 4. The van der Waals surface area contributed by atoms with Gasteiger partial charge >= 0.3 is 23.9 Å². The van der Waals surface area contributed by atoms with Crippen LogP contribution in [0.15, 0.2) is 28.7 Å².